The maximum absolute atomic E-state index is 12.1. The van der Waals surface area contributed by atoms with Gasteiger partial charge in [-0.15, -0.1) is 0 Å². The quantitative estimate of drug-likeness (QED) is 0.652. The first-order chi connectivity index (χ1) is 12.1. The molecule has 3 rings (SSSR count). The molecule has 3 aromatic rings. The fraction of sp³-hybridized carbons (Fsp3) is 0.167. The van der Waals surface area contributed by atoms with E-state index < -0.39 is 11.1 Å². The van der Waals surface area contributed by atoms with E-state index in [9.17, 15) is 14.4 Å². The van der Waals surface area contributed by atoms with Crippen LogP contribution in [-0.4, -0.2) is 28.6 Å². The van der Waals surface area contributed by atoms with E-state index in [-0.39, 0.29) is 25.6 Å². The number of carbonyl (C=O) groups is 1. The van der Waals surface area contributed by atoms with Gasteiger partial charge in [-0.1, -0.05) is 30.3 Å². The summed E-state index contributed by atoms with van der Waals surface area (Å²) < 4.78 is 6.70. The lowest BCUT2D eigenvalue weighted by molar-refractivity contribution is -0.123. The Morgan fingerprint density at radius 3 is 2.56 bits per heavy atom. The molecule has 1 amide bonds. The van der Waals surface area contributed by atoms with Crippen LogP contribution in [0.1, 0.15) is 0 Å². The van der Waals surface area contributed by atoms with E-state index >= 15 is 0 Å². The van der Waals surface area contributed by atoms with E-state index in [0.29, 0.717) is 16.8 Å². The highest BCUT2D eigenvalue weighted by Crippen LogP contribution is 2.08. The molecule has 0 spiro atoms. The minimum Gasteiger partial charge on any atom is -0.484 e. The lowest BCUT2D eigenvalue weighted by atomic mass is 10.3. The van der Waals surface area contributed by atoms with Gasteiger partial charge < -0.3 is 19.6 Å². The number of aromatic amines is 1. The molecule has 2 N–H and O–H groups in total. The van der Waals surface area contributed by atoms with Gasteiger partial charge in [-0.25, -0.2) is 0 Å². The number of para-hydroxylation sites is 3. The molecular weight excluding hydrogens is 322 g/mol. The standard InChI is InChI=1S/C18H17N3O4/c22-16(12-25-13-6-2-1-3-7-13)19-10-11-21-15-9-5-4-8-14(15)20-17(23)18(21)24/h1-9H,10-12H2,(H,19,22)(H,20,23). The van der Waals surface area contributed by atoms with E-state index in [2.05, 4.69) is 10.3 Å². The third-order valence-corrected chi connectivity index (χ3v) is 3.65. The lowest BCUT2D eigenvalue weighted by Crippen LogP contribution is -2.39. The monoisotopic (exact) mass is 339 g/mol. The van der Waals surface area contributed by atoms with Crippen LogP contribution in [0.2, 0.25) is 0 Å². The Balaban J connectivity index is 1.61. The van der Waals surface area contributed by atoms with E-state index in [1.165, 1.54) is 4.57 Å². The molecule has 0 fully saturated rings. The fourth-order valence-electron chi connectivity index (χ4n) is 2.47. The van der Waals surface area contributed by atoms with Crippen molar-refractivity contribution in [2.45, 2.75) is 6.54 Å². The predicted molar refractivity (Wildman–Crippen MR) is 93.8 cm³/mol. The van der Waals surface area contributed by atoms with Crippen molar-refractivity contribution >= 4 is 16.9 Å². The predicted octanol–water partition coefficient (Wildman–Crippen LogP) is 0.885. The first-order valence-corrected chi connectivity index (χ1v) is 7.81. The number of benzene rings is 2. The minimum absolute atomic E-state index is 0.116. The van der Waals surface area contributed by atoms with Crippen LogP contribution in [0.4, 0.5) is 0 Å². The number of nitrogens with one attached hydrogen (secondary N) is 2. The number of amides is 1. The molecule has 1 aromatic heterocycles. The first-order valence-electron chi connectivity index (χ1n) is 7.81. The summed E-state index contributed by atoms with van der Waals surface area (Å²) in [5.41, 5.74) is -0.140. The average molecular weight is 339 g/mol. The Labute approximate surface area is 142 Å². The van der Waals surface area contributed by atoms with E-state index in [0.717, 1.165) is 0 Å². The molecule has 128 valence electrons. The number of aromatic nitrogens is 2. The van der Waals surface area contributed by atoms with Crippen LogP contribution >= 0.6 is 0 Å². The van der Waals surface area contributed by atoms with E-state index in [1.54, 1.807) is 36.4 Å². The second-order valence-corrected chi connectivity index (χ2v) is 5.38. The van der Waals surface area contributed by atoms with Gasteiger partial charge in [-0.2, -0.15) is 0 Å². The summed E-state index contributed by atoms with van der Waals surface area (Å²) >= 11 is 0. The Hall–Kier alpha value is -3.35. The molecule has 0 bridgehead atoms. The largest absolute Gasteiger partial charge is 0.484 e. The highest BCUT2D eigenvalue weighted by Gasteiger charge is 2.08. The van der Waals surface area contributed by atoms with Crippen molar-refractivity contribution in [2.24, 2.45) is 0 Å². The lowest BCUT2D eigenvalue weighted by Gasteiger charge is -2.11. The number of rotatable bonds is 6. The van der Waals surface area contributed by atoms with Gasteiger partial charge in [0.1, 0.15) is 5.75 Å². The van der Waals surface area contributed by atoms with E-state index in [1.807, 2.05) is 18.2 Å². The van der Waals surface area contributed by atoms with Crippen LogP contribution in [0.25, 0.3) is 11.0 Å². The summed E-state index contributed by atoms with van der Waals surface area (Å²) in [5, 5.41) is 2.68. The Morgan fingerprint density at radius 2 is 1.76 bits per heavy atom. The van der Waals surface area contributed by atoms with Crippen molar-refractivity contribution in [2.75, 3.05) is 13.2 Å². The van der Waals surface area contributed by atoms with E-state index in [4.69, 9.17) is 4.74 Å². The normalized spacial score (nSPS) is 10.6. The molecule has 2 aromatic carbocycles. The van der Waals surface area contributed by atoms with Gasteiger partial charge in [-0.05, 0) is 24.3 Å². The number of hydrogen-bond acceptors (Lipinski definition) is 4. The number of carbonyl (C=O) groups excluding carboxylic acids is 1. The number of fused-ring (bicyclic) bond motifs is 1. The maximum Gasteiger partial charge on any atom is 0.316 e. The van der Waals surface area contributed by atoms with Crippen molar-refractivity contribution in [3.63, 3.8) is 0 Å². The zero-order valence-corrected chi connectivity index (χ0v) is 13.4. The minimum atomic E-state index is -0.683. The molecule has 0 saturated carbocycles. The van der Waals surface area contributed by atoms with Gasteiger partial charge in [0, 0.05) is 13.1 Å². The topological polar surface area (TPSA) is 93.2 Å². The third-order valence-electron chi connectivity index (χ3n) is 3.65. The van der Waals surface area contributed by atoms with Crippen LogP contribution in [0.3, 0.4) is 0 Å². The molecule has 1 heterocycles. The first kappa shape index (κ1) is 16.5. The zero-order chi connectivity index (χ0) is 17.6. The van der Waals surface area contributed by atoms with Gasteiger partial charge >= 0.3 is 11.1 Å². The molecule has 0 atom stereocenters. The van der Waals surface area contributed by atoms with Gasteiger partial charge in [0.15, 0.2) is 6.61 Å². The molecule has 0 saturated heterocycles. The molecule has 0 aliphatic carbocycles. The van der Waals surface area contributed by atoms with Crippen molar-refractivity contribution in [3.8, 4) is 5.75 Å². The molecule has 0 unspecified atom stereocenters. The summed E-state index contributed by atoms with van der Waals surface area (Å²) in [7, 11) is 0. The smallest absolute Gasteiger partial charge is 0.316 e. The summed E-state index contributed by atoms with van der Waals surface area (Å²) in [5.74, 6) is 0.306. The molecule has 0 aliphatic rings. The number of hydrogen-bond donors (Lipinski definition) is 2. The van der Waals surface area contributed by atoms with Gasteiger partial charge in [-0.3, -0.25) is 14.4 Å². The summed E-state index contributed by atoms with van der Waals surface area (Å²) in [6.07, 6.45) is 0. The molecule has 7 nitrogen and oxygen atoms in total. The Bertz CT molecular complexity index is 992. The molecule has 0 radical (unpaired) electrons. The van der Waals surface area contributed by atoms with Crippen molar-refractivity contribution in [3.05, 3.63) is 75.3 Å². The van der Waals surface area contributed by atoms with Gasteiger partial charge in [0.25, 0.3) is 5.91 Å². The molecule has 7 heteroatoms. The second-order valence-electron chi connectivity index (χ2n) is 5.38. The second kappa shape index (κ2) is 7.48. The Kier molecular flexibility index (Phi) is 4.94. The third kappa shape index (κ3) is 3.95. The summed E-state index contributed by atoms with van der Waals surface area (Å²) in [6, 6.07) is 16.0. The fourth-order valence-corrected chi connectivity index (χ4v) is 2.47. The zero-order valence-electron chi connectivity index (χ0n) is 13.4. The summed E-state index contributed by atoms with van der Waals surface area (Å²) in [6.45, 7) is 0.291. The van der Waals surface area contributed by atoms with Crippen LogP contribution in [0.15, 0.2) is 64.2 Å². The SMILES string of the molecule is O=C(COc1ccccc1)NCCn1c(=O)c(=O)[nH]c2ccccc21. The van der Waals surface area contributed by atoms with Crippen molar-refractivity contribution < 1.29 is 9.53 Å². The van der Waals surface area contributed by atoms with Crippen molar-refractivity contribution in [1.29, 1.82) is 0 Å². The van der Waals surface area contributed by atoms with Gasteiger partial charge in [0.05, 0.1) is 11.0 Å². The van der Waals surface area contributed by atoms with Crippen LogP contribution < -0.4 is 21.2 Å². The van der Waals surface area contributed by atoms with Crippen molar-refractivity contribution in [1.82, 2.24) is 14.9 Å². The number of nitrogens with zero attached hydrogens (tertiary/aromatic N) is 1. The number of H-pyrrole nitrogens is 1. The average Bonchev–Trinajstić information content (AvgIpc) is 2.64. The van der Waals surface area contributed by atoms with Crippen LogP contribution in [0.5, 0.6) is 5.75 Å². The molecule has 0 aliphatic heterocycles. The number of ether oxygens (including phenoxy) is 1. The van der Waals surface area contributed by atoms with Crippen LogP contribution in [-0.2, 0) is 11.3 Å². The summed E-state index contributed by atoms with van der Waals surface area (Å²) in [4.78, 5) is 38.1. The molecular formula is C18H17N3O4. The van der Waals surface area contributed by atoms with Crippen LogP contribution in [0, 0.1) is 0 Å². The highest BCUT2D eigenvalue weighted by atomic mass is 16.5. The maximum atomic E-state index is 12.1. The Morgan fingerprint density at radius 1 is 1.04 bits per heavy atom. The highest BCUT2D eigenvalue weighted by molar-refractivity contribution is 5.77. The van der Waals surface area contributed by atoms with Gasteiger partial charge in [0.2, 0.25) is 0 Å². The molecule has 25 heavy (non-hydrogen) atoms.